The molecule has 0 saturated carbocycles. The van der Waals surface area contributed by atoms with Crippen molar-refractivity contribution in [3.8, 4) is 16.9 Å². The van der Waals surface area contributed by atoms with Crippen molar-refractivity contribution < 1.29 is 32.2 Å². The van der Waals surface area contributed by atoms with Crippen LogP contribution in [-0.2, 0) is 12.6 Å². The number of aromatic amines is 1. The smallest absolute Gasteiger partial charge is 0.417 e. The Labute approximate surface area is 227 Å². The maximum atomic E-state index is 13.8. The lowest BCUT2D eigenvalue weighted by atomic mass is 9.99. The van der Waals surface area contributed by atoms with Crippen molar-refractivity contribution >= 4 is 11.7 Å². The van der Waals surface area contributed by atoms with Gasteiger partial charge in [0, 0.05) is 12.6 Å². The van der Waals surface area contributed by atoms with Gasteiger partial charge in [0.2, 0.25) is 5.82 Å². The number of amides is 1. The number of ether oxygens (including phenoxy) is 1. The average molecular weight is 558 g/mol. The molecule has 12 heteroatoms. The lowest BCUT2D eigenvalue weighted by Crippen LogP contribution is -2.19. The van der Waals surface area contributed by atoms with Crippen LogP contribution in [0.1, 0.15) is 54.3 Å². The summed E-state index contributed by atoms with van der Waals surface area (Å²) in [6, 6.07) is 12.0. The first kappa shape index (κ1) is 28.7. The molecule has 2 aromatic carbocycles. The van der Waals surface area contributed by atoms with Gasteiger partial charge < -0.3 is 20.1 Å². The summed E-state index contributed by atoms with van der Waals surface area (Å²) < 4.78 is 60.2. The van der Waals surface area contributed by atoms with Gasteiger partial charge in [-0.1, -0.05) is 12.1 Å². The largest absolute Gasteiger partial charge is 0.494 e. The van der Waals surface area contributed by atoms with Gasteiger partial charge in [0.15, 0.2) is 0 Å². The highest BCUT2D eigenvalue weighted by molar-refractivity contribution is 6.01. The second-order valence-corrected chi connectivity index (χ2v) is 9.78. The molecule has 0 aliphatic heterocycles. The molecule has 0 aliphatic carbocycles. The summed E-state index contributed by atoms with van der Waals surface area (Å²) in [6.07, 6.45) is -2.10. The van der Waals surface area contributed by atoms with E-state index in [1.807, 2.05) is 0 Å². The quantitative estimate of drug-likeness (QED) is 0.168. The molecule has 40 heavy (non-hydrogen) atoms. The van der Waals surface area contributed by atoms with Gasteiger partial charge >= 0.3 is 6.18 Å². The van der Waals surface area contributed by atoms with Crippen LogP contribution in [0.15, 0.2) is 60.8 Å². The Balaban J connectivity index is 1.50. The number of carbonyl (C=O) groups excluding carboxylic acids is 1. The van der Waals surface area contributed by atoms with Gasteiger partial charge in [-0.05, 0) is 85.8 Å². The molecule has 0 bridgehead atoms. The van der Waals surface area contributed by atoms with Gasteiger partial charge in [0.1, 0.15) is 23.2 Å². The van der Waals surface area contributed by atoms with E-state index in [0.717, 1.165) is 11.6 Å². The number of aromatic nitrogens is 4. The summed E-state index contributed by atoms with van der Waals surface area (Å²) in [5, 5.41) is 20.1. The van der Waals surface area contributed by atoms with E-state index in [0.29, 0.717) is 18.7 Å². The first-order valence-electron chi connectivity index (χ1n) is 12.4. The van der Waals surface area contributed by atoms with Crippen LogP contribution in [-0.4, -0.2) is 43.4 Å². The molecule has 8 nitrogen and oxygen atoms in total. The lowest BCUT2D eigenvalue weighted by Gasteiger charge is -2.18. The third kappa shape index (κ3) is 7.85. The van der Waals surface area contributed by atoms with Crippen LogP contribution in [0.4, 0.5) is 23.4 Å². The third-order valence-electron chi connectivity index (χ3n) is 5.84. The maximum Gasteiger partial charge on any atom is 0.417 e. The second-order valence-electron chi connectivity index (χ2n) is 9.78. The number of anilines is 1. The van der Waals surface area contributed by atoms with Crippen molar-refractivity contribution in [3.05, 3.63) is 89.4 Å². The van der Waals surface area contributed by atoms with Gasteiger partial charge in [-0.3, -0.25) is 4.79 Å². The molecule has 0 unspecified atom stereocenters. The number of carbonyl (C=O) groups is 1. The molecule has 210 valence electrons. The molecule has 0 atom stereocenters. The van der Waals surface area contributed by atoms with E-state index in [9.17, 15) is 27.5 Å². The van der Waals surface area contributed by atoms with Gasteiger partial charge in [0.05, 0.1) is 17.8 Å². The Morgan fingerprint density at radius 3 is 2.50 bits per heavy atom. The van der Waals surface area contributed by atoms with Crippen molar-refractivity contribution in [1.82, 2.24) is 20.2 Å². The number of H-pyrrole nitrogens is 1. The Kier molecular flexibility index (Phi) is 8.48. The molecule has 3 N–H and O–H groups in total. The Morgan fingerprint density at radius 2 is 1.80 bits per heavy atom. The SMILES string of the molecule is CC(C)(O)CCCOc1ccc(C(F)(F)F)c(-c2ccnc(NC(=O)c3nnc(Cc4ccc(F)cc4)[nH]3)c2)c1. The first-order valence-corrected chi connectivity index (χ1v) is 12.4. The highest BCUT2D eigenvalue weighted by Gasteiger charge is 2.34. The van der Waals surface area contributed by atoms with Gasteiger partial charge in [0.25, 0.3) is 5.91 Å². The van der Waals surface area contributed by atoms with Crippen molar-refractivity contribution in [2.45, 2.75) is 44.9 Å². The molecular weight excluding hydrogens is 530 g/mol. The lowest BCUT2D eigenvalue weighted by molar-refractivity contribution is -0.137. The van der Waals surface area contributed by atoms with Gasteiger partial charge in [-0.15, -0.1) is 10.2 Å². The van der Waals surface area contributed by atoms with E-state index in [1.54, 1.807) is 26.0 Å². The fourth-order valence-corrected chi connectivity index (χ4v) is 3.91. The molecule has 2 aromatic heterocycles. The summed E-state index contributed by atoms with van der Waals surface area (Å²) >= 11 is 0. The van der Waals surface area contributed by atoms with Crippen LogP contribution < -0.4 is 10.1 Å². The van der Waals surface area contributed by atoms with Crippen molar-refractivity contribution in [1.29, 1.82) is 0 Å². The van der Waals surface area contributed by atoms with Crippen LogP contribution >= 0.6 is 0 Å². The van der Waals surface area contributed by atoms with Crippen LogP contribution in [0.2, 0.25) is 0 Å². The van der Waals surface area contributed by atoms with Gasteiger partial charge in [-0.2, -0.15) is 13.2 Å². The van der Waals surface area contributed by atoms with Crippen molar-refractivity contribution in [2.24, 2.45) is 0 Å². The number of halogens is 4. The summed E-state index contributed by atoms with van der Waals surface area (Å²) in [6.45, 7) is 3.55. The number of pyridine rings is 1. The highest BCUT2D eigenvalue weighted by atomic mass is 19.4. The zero-order valence-electron chi connectivity index (χ0n) is 21.7. The number of benzene rings is 2. The first-order chi connectivity index (χ1) is 18.9. The predicted molar refractivity (Wildman–Crippen MR) is 139 cm³/mol. The Hall–Kier alpha value is -4.32. The summed E-state index contributed by atoms with van der Waals surface area (Å²) in [7, 11) is 0. The maximum absolute atomic E-state index is 13.8. The number of hydrogen-bond acceptors (Lipinski definition) is 6. The number of nitrogens with one attached hydrogen (secondary N) is 2. The normalized spacial score (nSPS) is 11.9. The summed E-state index contributed by atoms with van der Waals surface area (Å²) in [4.78, 5) is 19.5. The number of alkyl halides is 3. The third-order valence-corrected chi connectivity index (χ3v) is 5.84. The monoisotopic (exact) mass is 557 g/mol. The molecule has 0 spiro atoms. The molecule has 0 aliphatic rings. The van der Waals surface area contributed by atoms with E-state index in [-0.39, 0.29) is 47.4 Å². The minimum atomic E-state index is -4.64. The fraction of sp³-hybridized carbons (Fsp3) is 0.286. The summed E-state index contributed by atoms with van der Waals surface area (Å²) in [5.41, 5.74) is -0.980. The van der Waals surface area contributed by atoms with E-state index >= 15 is 0 Å². The minimum Gasteiger partial charge on any atom is -0.494 e. The molecule has 0 radical (unpaired) electrons. The Bertz CT molecular complexity index is 1460. The molecule has 1 amide bonds. The minimum absolute atomic E-state index is 0.00334. The number of hydrogen-bond donors (Lipinski definition) is 3. The molecule has 0 fully saturated rings. The van der Waals surface area contributed by atoms with Crippen LogP contribution in [0.25, 0.3) is 11.1 Å². The average Bonchev–Trinajstić information content (AvgIpc) is 3.36. The number of nitrogens with zero attached hydrogens (tertiary/aromatic N) is 3. The second kappa shape index (κ2) is 11.8. The highest BCUT2D eigenvalue weighted by Crippen LogP contribution is 2.39. The molecule has 2 heterocycles. The van der Waals surface area contributed by atoms with E-state index < -0.39 is 23.2 Å². The van der Waals surface area contributed by atoms with E-state index in [4.69, 9.17) is 4.74 Å². The topological polar surface area (TPSA) is 113 Å². The molecule has 4 aromatic rings. The Morgan fingerprint density at radius 1 is 1.05 bits per heavy atom. The van der Waals surface area contributed by atoms with E-state index in [1.165, 1.54) is 42.6 Å². The molecule has 4 rings (SSSR count). The van der Waals surface area contributed by atoms with Crippen LogP contribution in [0.3, 0.4) is 0 Å². The zero-order valence-corrected chi connectivity index (χ0v) is 21.7. The van der Waals surface area contributed by atoms with Crippen molar-refractivity contribution in [2.75, 3.05) is 11.9 Å². The number of aliphatic hydroxyl groups is 1. The summed E-state index contributed by atoms with van der Waals surface area (Å²) in [5.74, 6) is -0.586. The van der Waals surface area contributed by atoms with Gasteiger partial charge in [-0.25, -0.2) is 9.37 Å². The fourth-order valence-electron chi connectivity index (χ4n) is 3.91. The van der Waals surface area contributed by atoms with Crippen LogP contribution in [0, 0.1) is 5.82 Å². The predicted octanol–water partition coefficient (Wildman–Crippen LogP) is 5.80. The van der Waals surface area contributed by atoms with E-state index in [2.05, 4.69) is 25.5 Å². The standard InChI is InChI=1S/C28H27F4N5O3/c1-27(2,39)11-3-13-40-20-8-9-22(28(30,31)32)21(16-20)18-10-12-33-23(15-18)35-26(38)25-34-24(36-37-25)14-17-4-6-19(29)7-5-17/h4-10,12,15-16,39H,3,11,13-14H2,1-2H3,(H,33,35,38)(H,34,36,37). The molecular formula is C28H27F4N5O3. The van der Waals surface area contributed by atoms with Crippen molar-refractivity contribution in [3.63, 3.8) is 0 Å². The van der Waals surface area contributed by atoms with Crippen LogP contribution in [0.5, 0.6) is 5.75 Å². The zero-order chi connectivity index (χ0) is 28.9. The number of rotatable bonds is 10. The molecule has 0 saturated heterocycles.